The molecule has 0 fully saturated rings. The maximum absolute atomic E-state index is 12.1. The van der Waals surface area contributed by atoms with Crippen LogP contribution in [0.15, 0.2) is 36.9 Å². The second-order valence-electron chi connectivity index (χ2n) is 6.84. The highest BCUT2D eigenvalue weighted by Gasteiger charge is 2.14. The van der Waals surface area contributed by atoms with Gasteiger partial charge in [0.25, 0.3) is 0 Å². The summed E-state index contributed by atoms with van der Waals surface area (Å²) >= 11 is 6.28. The number of hydrogen-bond acceptors (Lipinski definition) is 3. The van der Waals surface area contributed by atoms with Gasteiger partial charge in [-0.1, -0.05) is 11.6 Å². The van der Waals surface area contributed by atoms with Crippen molar-refractivity contribution in [1.29, 1.82) is 0 Å². The van der Waals surface area contributed by atoms with Crippen molar-refractivity contribution >= 4 is 23.3 Å². The van der Waals surface area contributed by atoms with Crippen LogP contribution in [0, 0.1) is 0 Å². The second kappa shape index (κ2) is 8.36. The van der Waals surface area contributed by atoms with Crippen molar-refractivity contribution in [3.8, 4) is 5.69 Å². The smallest absolute Gasteiger partial charge is 0.319 e. The first kappa shape index (κ1) is 19.3. The molecule has 2 amide bonds. The number of rotatable bonds is 7. The van der Waals surface area contributed by atoms with Gasteiger partial charge in [-0.15, -0.1) is 0 Å². The van der Waals surface area contributed by atoms with Crippen LogP contribution in [-0.2, 0) is 0 Å². The number of aromatic nitrogens is 2. The first-order valence-corrected chi connectivity index (χ1v) is 8.70. The lowest BCUT2D eigenvalue weighted by Gasteiger charge is -2.19. The highest BCUT2D eigenvalue weighted by atomic mass is 35.5. The van der Waals surface area contributed by atoms with Gasteiger partial charge < -0.3 is 20.3 Å². The summed E-state index contributed by atoms with van der Waals surface area (Å²) in [5, 5.41) is 15.9. The van der Waals surface area contributed by atoms with Crippen molar-refractivity contribution in [3.05, 3.63) is 41.9 Å². The summed E-state index contributed by atoms with van der Waals surface area (Å²) in [6.07, 6.45) is 7.49. The predicted molar refractivity (Wildman–Crippen MR) is 100 cm³/mol. The zero-order chi connectivity index (χ0) is 18.4. The average molecular weight is 365 g/mol. The van der Waals surface area contributed by atoms with E-state index in [4.69, 9.17) is 11.6 Å². The minimum Gasteiger partial charge on any atom is -0.390 e. The summed E-state index contributed by atoms with van der Waals surface area (Å²) in [5.41, 5.74) is 0.746. The van der Waals surface area contributed by atoms with E-state index in [2.05, 4.69) is 15.6 Å². The molecule has 25 heavy (non-hydrogen) atoms. The van der Waals surface area contributed by atoms with Crippen LogP contribution < -0.4 is 10.6 Å². The number of carbonyl (C=O) groups excluding carboxylic acids is 1. The van der Waals surface area contributed by atoms with E-state index in [0.717, 1.165) is 18.5 Å². The number of carbonyl (C=O) groups is 1. The van der Waals surface area contributed by atoms with Crippen LogP contribution in [0.25, 0.3) is 5.69 Å². The quantitative estimate of drug-likeness (QED) is 0.695. The van der Waals surface area contributed by atoms with Crippen molar-refractivity contribution < 1.29 is 9.90 Å². The number of urea groups is 1. The third-order valence-electron chi connectivity index (χ3n) is 3.79. The van der Waals surface area contributed by atoms with Crippen LogP contribution in [0.4, 0.5) is 10.5 Å². The van der Waals surface area contributed by atoms with Crippen molar-refractivity contribution in [3.63, 3.8) is 0 Å². The number of benzene rings is 1. The molecule has 136 valence electrons. The molecule has 0 unspecified atom stereocenters. The molecule has 0 bridgehead atoms. The van der Waals surface area contributed by atoms with Gasteiger partial charge in [0.15, 0.2) is 0 Å². The molecule has 0 spiro atoms. The first-order chi connectivity index (χ1) is 11.7. The van der Waals surface area contributed by atoms with Crippen LogP contribution >= 0.6 is 11.6 Å². The van der Waals surface area contributed by atoms with E-state index < -0.39 is 5.60 Å². The van der Waals surface area contributed by atoms with Gasteiger partial charge in [-0.25, -0.2) is 9.78 Å². The summed E-state index contributed by atoms with van der Waals surface area (Å²) in [4.78, 5) is 16.1. The zero-order valence-corrected chi connectivity index (χ0v) is 15.5. The van der Waals surface area contributed by atoms with E-state index in [1.807, 2.05) is 13.0 Å². The molecule has 0 aliphatic heterocycles. The van der Waals surface area contributed by atoms with Gasteiger partial charge in [0.05, 0.1) is 22.6 Å². The Morgan fingerprint density at radius 2 is 2.20 bits per heavy atom. The van der Waals surface area contributed by atoms with E-state index >= 15 is 0 Å². The van der Waals surface area contributed by atoms with Gasteiger partial charge in [0, 0.05) is 24.1 Å². The van der Waals surface area contributed by atoms with Crippen LogP contribution in [-0.4, -0.2) is 32.3 Å². The van der Waals surface area contributed by atoms with Crippen molar-refractivity contribution in [2.24, 2.45) is 0 Å². The Bertz CT molecular complexity index is 696. The fraction of sp³-hybridized carbons (Fsp3) is 0.444. The summed E-state index contributed by atoms with van der Waals surface area (Å²) in [6.45, 7) is 5.52. The molecule has 1 aromatic carbocycles. The Kier molecular flexibility index (Phi) is 6.45. The molecule has 0 radical (unpaired) electrons. The molecule has 1 atom stereocenters. The number of nitrogens with one attached hydrogen (secondary N) is 2. The van der Waals surface area contributed by atoms with E-state index in [9.17, 15) is 9.90 Å². The summed E-state index contributed by atoms with van der Waals surface area (Å²) < 4.78 is 1.80. The van der Waals surface area contributed by atoms with E-state index in [1.165, 1.54) is 0 Å². The lowest BCUT2D eigenvalue weighted by atomic mass is 10.00. The molecule has 2 rings (SSSR count). The topological polar surface area (TPSA) is 79.2 Å². The molecular formula is C18H25ClN4O2. The molecule has 2 aromatic rings. The number of anilines is 1. The third kappa shape index (κ3) is 6.40. The number of imidazole rings is 1. The van der Waals surface area contributed by atoms with Gasteiger partial charge >= 0.3 is 6.03 Å². The third-order valence-corrected chi connectivity index (χ3v) is 4.09. The standard InChI is InChI=1S/C18H25ClN4O2/c1-13(5-4-8-18(2,3)25)21-17(24)22-14-6-7-16(15(19)11-14)23-10-9-20-12-23/h6-7,9-13,25H,4-5,8H2,1-3H3,(H2,21,22,24)/t13-/m0/s1. The van der Waals surface area contributed by atoms with Gasteiger partial charge in [-0.3, -0.25) is 0 Å². The number of amides is 2. The minimum atomic E-state index is -0.671. The van der Waals surface area contributed by atoms with Crippen molar-refractivity contribution in [2.45, 2.75) is 51.7 Å². The molecular weight excluding hydrogens is 340 g/mol. The van der Waals surface area contributed by atoms with Crippen molar-refractivity contribution in [2.75, 3.05) is 5.32 Å². The molecule has 0 aliphatic carbocycles. The molecule has 7 heteroatoms. The van der Waals surface area contributed by atoms with Crippen LogP contribution in [0.5, 0.6) is 0 Å². The Balaban J connectivity index is 1.85. The number of aliphatic hydroxyl groups is 1. The van der Waals surface area contributed by atoms with E-state index in [-0.39, 0.29) is 12.1 Å². The van der Waals surface area contributed by atoms with Gasteiger partial charge in [0.1, 0.15) is 0 Å². The largest absolute Gasteiger partial charge is 0.390 e. The molecule has 1 aromatic heterocycles. The lowest BCUT2D eigenvalue weighted by Crippen LogP contribution is -2.36. The Morgan fingerprint density at radius 3 is 2.80 bits per heavy atom. The molecule has 1 heterocycles. The SMILES string of the molecule is C[C@@H](CCCC(C)(C)O)NC(=O)Nc1ccc(-n2ccnc2)c(Cl)c1. The Morgan fingerprint density at radius 1 is 1.44 bits per heavy atom. The summed E-state index contributed by atoms with van der Waals surface area (Å²) in [6, 6.07) is 5.06. The molecule has 0 saturated heterocycles. The number of hydrogen-bond donors (Lipinski definition) is 3. The normalized spacial score (nSPS) is 12.7. The molecule has 3 N–H and O–H groups in total. The minimum absolute atomic E-state index is 0.0167. The van der Waals surface area contributed by atoms with Gasteiger partial charge in [0.2, 0.25) is 0 Å². The van der Waals surface area contributed by atoms with Crippen molar-refractivity contribution in [1.82, 2.24) is 14.9 Å². The van der Waals surface area contributed by atoms with Gasteiger partial charge in [-0.05, 0) is 58.2 Å². The Labute approximate surface area is 153 Å². The molecule has 6 nitrogen and oxygen atoms in total. The molecule has 0 aliphatic rings. The number of nitrogens with zero attached hydrogens (tertiary/aromatic N) is 2. The highest BCUT2D eigenvalue weighted by molar-refractivity contribution is 6.32. The van der Waals surface area contributed by atoms with Crippen LogP contribution in [0.2, 0.25) is 5.02 Å². The second-order valence-corrected chi connectivity index (χ2v) is 7.25. The fourth-order valence-electron chi connectivity index (χ4n) is 2.50. The van der Waals surface area contributed by atoms with Crippen LogP contribution in [0.3, 0.4) is 0 Å². The Hall–Kier alpha value is -2.05. The maximum atomic E-state index is 12.1. The van der Waals surface area contributed by atoms with E-state index in [1.54, 1.807) is 49.3 Å². The maximum Gasteiger partial charge on any atom is 0.319 e. The fourth-order valence-corrected chi connectivity index (χ4v) is 2.78. The highest BCUT2D eigenvalue weighted by Crippen LogP contribution is 2.24. The molecule has 0 saturated carbocycles. The summed E-state index contributed by atoms with van der Waals surface area (Å²) in [5.74, 6) is 0. The first-order valence-electron chi connectivity index (χ1n) is 8.32. The summed E-state index contributed by atoms with van der Waals surface area (Å²) in [7, 11) is 0. The van der Waals surface area contributed by atoms with E-state index in [0.29, 0.717) is 17.1 Å². The average Bonchev–Trinajstić information content (AvgIpc) is 2.99. The predicted octanol–water partition coefficient (Wildman–Crippen LogP) is 3.98. The van der Waals surface area contributed by atoms with Crippen LogP contribution in [0.1, 0.15) is 40.0 Å². The zero-order valence-electron chi connectivity index (χ0n) is 14.8. The number of halogens is 1. The van der Waals surface area contributed by atoms with Gasteiger partial charge in [-0.2, -0.15) is 0 Å². The lowest BCUT2D eigenvalue weighted by molar-refractivity contribution is 0.0676. The monoisotopic (exact) mass is 364 g/mol.